The Bertz CT molecular complexity index is 503. The molecule has 0 heterocycles. The zero-order chi connectivity index (χ0) is 14.9. The van der Waals surface area contributed by atoms with Crippen molar-refractivity contribution >= 4 is 21.8 Å². The molecule has 0 radical (unpaired) electrons. The highest BCUT2D eigenvalue weighted by Gasteiger charge is 2.30. The van der Waals surface area contributed by atoms with Gasteiger partial charge in [-0.15, -0.1) is 0 Å². The lowest BCUT2D eigenvalue weighted by Gasteiger charge is -2.38. The molecule has 0 aromatic heterocycles. The number of halogens is 1. The normalized spacial score (nSPS) is 18.8. The first-order valence-corrected chi connectivity index (χ1v) is 7.85. The molecule has 1 aliphatic carbocycles. The number of phenolic OH excluding ortho intramolecular Hbond substituents is 1. The predicted molar refractivity (Wildman–Crippen MR) is 83.9 cm³/mol. The molecule has 0 unspecified atom stereocenters. The fourth-order valence-corrected chi connectivity index (χ4v) is 3.03. The number of aromatic hydroxyl groups is 1. The lowest BCUT2D eigenvalue weighted by atomic mass is 9.75. The summed E-state index contributed by atoms with van der Waals surface area (Å²) in [6, 6.07) is 5.28. The van der Waals surface area contributed by atoms with Crippen LogP contribution >= 0.6 is 15.9 Å². The summed E-state index contributed by atoms with van der Waals surface area (Å²) < 4.78 is 0.608. The number of amides is 1. The van der Waals surface area contributed by atoms with Crippen molar-refractivity contribution in [3.05, 3.63) is 28.2 Å². The Hall–Kier alpha value is -1.03. The van der Waals surface area contributed by atoms with E-state index < -0.39 is 0 Å². The average molecular weight is 340 g/mol. The number of carbonyl (C=O) groups is 1. The molecule has 0 spiro atoms. The second-order valence-corrected chi connectivity index (χ2v) is 7.33. The SMILES string of the molecule is CN(C(=O)c1ccc(Br)c(O)c1)C1CCC(C)(C)CC1. The van der Waals surface area contributed by atoms with Gasteiger partial charge in [0.1, 0.15) is 5.75 Å². The van der Waals surface area contributed by atoms with Crippen LogP contribution in [-0.4, -0.2) is 29.0 Å². The molecule has 3 nitrogen and oxygen atoms in total. The smallest absolute Gasteiger partial charge is 0.253 e. The van der Waals surface area contributed by atoms with Crippen molar-refractivity contribution in [2.75, 3.05) is 7.05 Å². The molecule has 110 valence electrons. The van der Waals surface area contributed by atoms with E-state index in [1.165, 1.54) is 6.07 Å². The van der Waals surface area contributed by atoms with Crippen molar-refractivity contribution in [3.63, 3.8) is 0 Å². The molecule has 2 rings (SSSR count). The maximum Gasteiger partial charge on any atom is 0.253 e. The molecule has 1 fully saturated rings. The summed E-state index contributed by atoms with van der Waals surface area (Å²) in [5.41, 5.74) is 0.939. The third-order valence-electron chi connectivity index (χ3n) is 4.37. The first kappa shape index (κ1) is 15.4. The quantitative estimate of drug-likeness (QED) is 0.877. The van der Waals surface area contributed by atoms with Gasteiger partial charge in [0.2, 0.25) is 0 Å². The van der Waals surface area contributed by atoms with Crippen LogP contribution in [0.2, 0.25) is 0 Å². The molecule has 1 aliphatic rings. The van der Waals surface area contributed by atoms with Gasteiger partial charge in [-0.25, -0.2) is 0 Å². The van der Waals surface area contributed by atoms with Crippen LogP contribution < -0.4 is 0 Å². The van der Waals surface area contributed by atoms with Crippen molar-refractivity contribution in [1.29, 1.82) is 0 Å². The van der Waals surface area contributed by atoms with Gasteiger partial charge in [0.25, 0.3) is 5.91 Å². The molecule has 1 N–H and O–H groups in total. The van der Waals surface area contributed by atoms with Crippen molar-refractivity contribution in [2.45, 2.75) is 45.6 Å². The monoisotopic (exact) mass is 339 g/mol. The molecular weight excluding hydrogens is 318 g/mol. The minimum Gasteiger partial charge on any atom is -0.507 e. The van der Waals surface area contributed by atoms with Crippen LogP contribution in [0.3, 0.4) is 0 Å². The third-order valence-corrected chi connectivity index (χ3v) is 5.04. The summed E-state index contributed by atoms with van der Waals surface area (Å²) in [5, 5.41) is 9.69. The average Bonchev–Trinajstić information content (AvgIpc) is 2.40. The van der Waals surface area contributed by atoms with E-state index in [2.05, 4.69) is 29.8 Å². The summed E-state index contributed by atoms with van der Waals surface area (Å²) in [6.45, 7) is 4.58. The Morgan fingerprint density at radius 2 is 1.95 bits per heavy atom. The van der Waals surface area contributed by atoms with Crippen LogP contribution in [0.5, 0.6) is 5.75 Å². The predicted octanol–water partition coefficient (Wildman–Crippen LogP) is 4.20. The van der Waals surface area contributed by atoms with Gasteiger partial charge in [-0.05, 0) is 65.2 Å². The maximum absolute atomic E-state index is 12.5. The molecule has 4 heteroatoms. The van der Waals surface area contributed by atoms with E-state index in [1.807, 2.05) is 11.9 Å². The lowest BCUT2D eigenvalue weighted by Crippen LogP contribution is -2.40. The number of hydrogen-bond donors (Lipinski definition) is 1. The fraction of sp³-hybridized carbons (Fsp3) is 0.562. The van der Waals surface area contributed by atoms with Gasteiger partial charge in [0.05, 0.1) is 4.47 Å². The van der Waals surface area contributed by atoms with E-state index in [0.29, 0.717) is 21.5 Å². The van der Waals surface area contributed by atoms with Crippen LogP contribution in [-0.2, 0) is 0 Å². The molecular formula is C16H22BrNO2. The van der Waals surface area contributed by atoms with Crippen LogP contribution in [0, 0.1) is 5.41 Å². The summed E-state index contributed by atoms with van der Waals surface area (Å²) in [7, 11) is 1.87. The third kappa shape index (κ3) is 3.35. The van der Waals surface area contributed by atoms with Crippen LogP contribution in [0.1, 0.15) is 49.9 Å². The van der Waals surface area contributed by atoms with Crippen molar-refractivity contribution in [3.8, 4) is 5.75 Å². The van der Waals surface area contributed by atoms with Gasteiger partial charge in [-0.3, -0.25) is 4.79 Å². The van der Waals surface area contributed by atoms with Crippen LogP contribution in [0.15, 0.2) is 22.7 Å². The largest absolute Gasteiger partial charge is 0.507 e. The standard InChI is InChI=1S/C16H22BrNO2/c1-16(2)8-6-12(7-9-16)18(3)15(20)11-4-5-13(17)14(19)10-11/h4-5,10,12,19H,6-9H2,1-3H3. The molecule has 0 atom stereocenters. The highest BCUT2D eigenvalue weighted by molar-refractivity contribution is 9.10. The van der Waals surface area contributed by atoms with Crippen LogP contribution in [0.4, 0.5) is 0 Å². The molecule has 1 amide bonds. The van der Waals surface area contributed by atoms with Gasteiger partial charge in [0.15, 0.2) is 0 Å². The Morgan fingerprint density at radius 3 is 2.50 bits per heavy atom. The highest BCUT2D eigenvalue weighted by atomic mass is 79.9. The Kier molecular flexibility index (Phi) is 4.43. The molecule has 20 heavy (non-hydrogen) atoms. The lowest BCUT2D eigenvalue weighted by molar-refractivity contribution is 0.0635. The minimum absolute atomic E-state index is 0.0162. The second-order valence-electron chi connectivity index (χ2n) is 6.48. The number of hydrogen-bond acceptors (Lipinski definition) is 2. The van der Waals surface area contributed by atoms with Gasteiger partial charge in [0, 0.05) is 18.7 Å². The van der Waals surface area contributed by atoms with Crippen LogP contribution in [0.25, 0.3) is 0 Å². The topological polar surface area (TPSA) is 40.5 Å². The molecule has 0 saturated heterocycles. The second kappa shape index (κ2) is 5.76. The highest BCUT2D eigenvalue weighted by Crippen LogP contribution is 2.37. The summed E-state index contributed by atoms with van der Waals surface area (Å²) >= 11 is 3.23. The number of carbonyl (C=O) groups excluding carboxylic acids is 1. The Morgan fingerprint density at radius 1 is 1.35 bits per heavy atom. The van der Waals surface area contributed by atoms with Gasteiger partial charge in [-0.2, -0.15) is 0 Å². The molecule has 1 aromatic carbocycles. The first-order chi connectivity index (χ1) is 9.30. The van der Waals surface area contributed by atoms with Gasteiger partial charge >= 0.3 is 0 Å². The Balaban J connectivity index is 2.07. The number of nitrogens with zero attached hydrogens (tertiary/aromatic N) is 1. The van der Waals surface area contributed by atoms with E-state index >= 15 is 0 Å². The summed E-state index contributed by atoms with van der Waals surface area (Å²) in [4.78, 5) is 14.3. The zero-order valence-corrected chi connectivity index (χ0v) is 13.9. The molecule has 1 aromatic rings. The van der Waals surface area contributed by atoms with Crippen molar-refractivity contribution in [1.82, 2.24) is 4.90 Å². The Labute approximate surface area is 129 Å². The fourth-order valence-electron chi connectivity index (χ4n) is 2.79. The zero-order valence-electron chi connectivity index (χ0n) is 12.3. The van der Waals surface area contributed by atoms with E-state index in [4.69, 9.17) is 0 Å². The maximum atomic E-state index is 12.5. The van der Waals surface area contributed by atoms with Crippen molar-refractivity contribution in [2.24, 2.45) is 5.41 Å². The molecule has 1 saturated carbocycles. The van der Waals surface area contributed by atoms with Gasteiger partial charge < -0.3 is 10.0 Å². The summed E-state index contributed by atoms with van der Waals surface area (Å²) in [5.74, 6) is 0.0894. The number of phenols is 1. The van der Waals surface area contributed by atoms with Gasteiger partial charge in [-0.1, -0.05) is 13.8 Å². The van der Waals surface area contributed by atoms with E-state index in [1.54, 1.807) is 12.1 Å². The van der Waals surface area contributed by atoms with Crippen molar-refractivity contribution < 1.29 is 9.90 Å². The summed E-state index contributed by atoms with van der Waals surface area (Å²) in [6.07, 6.45) is 4.41. The van der Waals surface area contributed by atoms with E-state index in [0.717, 1.165) is 25.7 Å². The number of rotatable bonds is 2. The molecule has 0 aliphatic heterocycles. The number of benzene rings is 1. The van der Waals surface area contributed by atoms with E-state index in [-0.39, 0.29) is 11.7 Å². The van der Waals surface area contributed by atoms with E-state index in [9.17, 15) is 9.90 Å². The first-order valence-electron chi connectivity index (χ1n) is 7.06. The molecule has 0 bridgehead atoms. The minimum atomic E-state index is -0.0162.